The van der Waals surface area contributed by atoms with Crippen LogP contribution in [0.3, 0.4) is 0 Å². The Morgan fingerprint density at radius 2 is 1.67 bits per heavy atom. The summed E-state index contributed by atoms with van der Waals surface area (Å²) in [6.45, 7) is 4.81. The van der Waals surface area contributed by atoms with Crippen LogP contribution < -0.4 is 14.8 Å². The monoisotopic (exact) mass is 287 g/mol. The van der Waals surface area contributed by atoms with Gasteiger partial charge in [-0.05, 0) is 48.7 Å². The van der Waals surface area contributed by atoms with Crippen molar-refractivity contribution < 1.29 is 14.6 Å². The molecule has 2 aromatic carbocycles. The van der Waals surface area contributed by atoms with Crippen LogP contribution in [-0.4, -0.2) is 19.3 Å². The van der Waals surface area contributed by atoms with E-state index in [4.69, 9.17) is 9.47 Å². The second-order valence-electron chi connectivity index (χ2n) is 4.95. The summed E-state index contributed by atoms with van der Waals surface area (Å²) in [6.07, 6.45) is 0. The number of hydrogen-bond donors (Lipinski definition) is 2. The van der Waals surface area contributed by atoms with Crippen LogP contribution in [0.5, 0.6) is 17.2 Å². The van der Waals surface area contributed by atoms with E-state index in [1.807, 2.05) is 6.07 Å². The predicted octanol–water partition coefficient (Wildman–Crippen LogP) is 3.64. The zero-order chi connectivity index (χ0) is 15.4. The summed E-state index contributed by atoms with van der Waals surface area (Å²) in [5.74, 6) is 0.842. The molecule has 0 aliphatic heterocycles. The SMILES string of the molecule is COc1cc(CNc2cccc(C)c2C)cc(OC)c1O. The number of phenols is 1. The van der Waals surface area contributed by atoms with Crippen molar-refractivity contribution in [1.29, 1.82) is 0 Å². The fourth-order valence-corrected chi connectivity index (χ4v) is 2.19. The Kier molecular flexibility index (Phi) is 4.58. The molecular weight excluding hydrogens is 266 g/mol. The standard InChI is InChI=1S/C17H21NO3/c1-11-6-5-7-14(12(11)2)18-10-13-8-15(20-3)17(19)16(9-13)21-4/h5-9,18-19H,10H2,1-4H3. The van der Waals surface area contributed by atoms with Gasteiger partial charge in [-0.3, -0.25) is 0 Å². The minimum atomic E-state index is 0.0236. The lowest BCUT2D eigenvalue weighted by Gasteiger charge is -2.14. The Bertz CT molecular complexity index is 613. The summed E-state index contributed by atoms with van der Waals surface area (Å²) in [7, 11) is 3.05. The molecule has 112 valence electrons. The average molecular weight is 287 g/mol. The fourth-order valence-electron chi connectivity index (χ4n) is 2.19. The van der Waals surface area contributed by atoms with Crippen molar-refractivity contribution in [1.82, 2.24) is 0 Å². The number of ether oxygens (including phenoxy) is 2. The van der Waals surface area contributed by atoms with Crippen molar-refractivity contribution >= 4 is 5.69 Å². The van der Waals surface area contributed by atoms with Crippen LogP contribution in [0.1, 0.15) is 16.7 Å². The molecule has 0 unspecified atom stereocenters. The van der Waals surface area contributed by atoms with Crippen molar-refractivity contribution in [2.24, 2.45) is 0 Å². The molecule has 0 fully saturated rings. The number of nitrogens with one attached hydrogen (secondary N) is 1. The van der Waals surface area contributed by atoms with Gasteiger partial charge in [0.25, 0.3) is 0 Å². The number of benzene rings is 2. The van der Waals surface area contributed by atoms with Crippen LogP contribution in [0.4, 0.5) is 5.69 Å². The van der Waals surface area contributed by atoms with E-state index >= 15 is 0 Å². The normalized spacial score (nSPS) is 10.3. The number of rotatable bonds is 5. The molecular formula is C17H21NO3. The lowest BCUT2D eigenvalue weighted by atomic mass is 10.1. The van der Waals surface area contributed by atoms with Crippen LogP contribution in [0.25, 0.3) is 0 Å². The Morgan fingerprint density at radius 3 is 2.24 bits per heavy atom. The topological polar surface area (TPSA) is 50.7 Å². The van der Waals surface area contributed by atoms with Crippen LogP contribution >= 0.6 is 0 Å². The second-order valence-corrected chi connectivity index (χ2v) is 4.95. The Balaban J connectivity index is 2.22. The summed E-state index contributed by atoms with van der Waals surface area (Å²) < 4.78 is 10.3. The van der Waals surface area contributed by atoms with Gasteiger partial charge in [0.2, 0.25) is 5.75 Å². The Hall–Kier alpha value is -2.36. The van der Waals surface area contributed by atoms with Gasteiger partial charge < -0.3 is 19.9 Å². The lowest BCUT2D eigenvalue weighted by molar-refractivity contribution is 0.339. The molecule has 0 saturated carbocycles. The van der Waals surface area contributed by atoms with Gasteiger partial charge >= 0.3 is 0 Å². The summed E-state index contributed by atoms with van der Waals surface area (Å²) in [4.78, 5) is 0. The molecule has 0 bridgehead atoms. The first kappa shape index (κ1) is 15.0. The van der Waals surface area contributed by atoms with E-state index in [1.165, 1.54) is 25.3 Å². The zero-order valence-electron chi connectivity index (χ0n) is 12.9. The molecule has 2 N–H and O–H groups in total. The first-order valence-corrected chi connectivity index (χ1v) is 6.80. The van der Waals surface area contributed by atoms with Crippen molar-refractivity contribution in [2.75, 3.05) is 19.5 Å². The van der Waals surface area contributed by atoms with Gasteiger partial charge in [-0.25, -0.2) is 0 Å². The number of methoxy groups -OCH3 is 2. The molecule has 21 heavy (non-hydrogen) atoms. The quantitative estimate of drug-likeness (QED) is 0.881. The first-order chi connectivity index (χ1) is 10.1. The summed E-state index contributed by atoms with van der Waals surface area (Å²) in [6, 6.07) is 9.78. The third-order valence-corrected chi connectivity index (χ3v) is 3.63. The summed E-state index contributed by atoms with van der Waals surface area (Å²) >= 11 is 0. The Labute approximate surface area is 125 Å². The van der Waals surface area contributed by atoms with Gasteiger partial charge in [0.15, 0.2) is 11.5 Å². The molecule has 0 saturated heterocycles. The highest BCUT2D eigenvalue weighted by molar-refractivity contribution is 5.56. The van der Waals surface area contributed by atoms with E-state index in [0.29, 0.717) is 18.0 Å². The van der Waals surface area contributed by atoms with E-state index in [1.54, 1.807) is 12.1 Å². The highest BCUT2D eigenvalue weighted by Crippen LogP contribution is 2.37. The van der Waals surface area contributed by atoms with Gasteiger partial charge in [0.1, 0.15) is 0 Å². The van der Waals surface area contributed by atoms with Gasteiger partial charge in [-0.1, -0.05) is 12.1 Å². The van der Waals surface area contributed by atoms with Gasteiger partial charge in [0, 0.05) is 12.2 Å². The van der Waals surface area contributed by atoms with Crippen LogP contribution in [-0.2, 0) is 6.54 Å². The highest BCUT2D eigenvalue weighted by Gasteiger charge is 2.11. The number of anilines is 1. The summed E-state index contributed by atoms with van der Waals surface area (Å²) in [5.41, 5.74) is 4.56. The van der Waals surface area contributed by atoms with E-state index in [-0.39, 0.29) is 5.75 Å². The summed E-state index contributed by atoms with van der Waals surface area (Å²) in [5, 5.41) is 13.3. The fraction of sp³-hybridized carbons (Fsp3) is 0.294. The number of aromatic hydroxyl groups is 1. The van der Waals surface area contributed by atoms with Gasteiger partial charge in [-0.2, -0.15) is 0 Å². The third-order valence-electron chi connectivity index (χ3n) is 3.63. The molecule has 0 atom stereocenters. The van der Waals surface area contributed by atoms with Crippen molar-refractivity contribution in [3.8, 4) is 17.2 Å². The highest BCUT2D eigenvalue weighted by atomic mass is 16.5. The number of phenolic OH excluding ortho intramolecular Hbond substituents is 1. The minimum Gasteiger partial charge on any atom is -0.502 e. The van der Waals surface area contributed by atoms with Crippen LogP contribution in [0, 0.1) is 13.8 Å². The number of aryl methyl sites for hydroxylation is 1. The maximum Gasteiger partial charge on any atom is 0.200 e. The van der Waals surface area contributed by atoms with Gasteiger partial charge in [-0.15, -0.1) is 0 Å². The zero-order valence-corrected chi connectivity index (χ0v) is 12.9. The van der Waals surface area contributed by atoms with E-state index in [2.05, 4.69) is 31.3 Å². The molecule has 0 aromatic heterocycles. The third kappa shape index (κ3) is 3.21. The van der Waals surface area contributed by atoms with Crippen LogP contribution in [0.2, 0.25) is 0 Å². The molecule has 0 aliphatic rings. The van der Waals surface area contributed by atoms with E-state index < -0.39 is 0 Å². The van der Waals surface area contributed by atoms with Gasteiger partial charge in [0.05, 0.1) is 14.2 Å². The predicted molar refractivity (Wildman–Crippen MR) is 84.5 cm³/mol. The molecule has 0 heterocycles. The molecule has 0 amide bonds. The second kappa shape index (κ2) is 6.39. The van der Waals surface area contributed by atoms with E-state index in [0.717, 1.165) is 11.3 Å². The maximum atomic E-state index is 9.91. The molecule has 2 aromatic rings. The first-order valence-electron chi connectivity index (χ1n) is 6.80. The molecule has 0 aliphatic carbocycles. The minimum absolute atomic E-state index is 0.0236. The van der Waals surface area contributed by atoms with Crippen molar-refractivity contribution in [3.05, 3.63) is 47.0 Å². The molecule has 4 heteroatoms. The number of hydrogen-bond acceptors (Lipinski definition) is 4. The lowest BCUT2D eigenvalue weighted by Crippen LogP contribution is -2.03. The smallest absolute Gasteiger partial charge is 0.200 e. The largest absolute Gasteiger partial charge is 0.502 e. The molecule has 4 nitrogen and oxygen atoms in total. The Morgan fingerprint density at radius 1 is 1.05 bits per heavy atom. The van der Waals surface area contributed by atoms with Crippen molar-refractivity contribution in [3.63, 3.8) is 0 Å². The molecule has 0 radical (unpaired) electrons. The van der Waals surface area contributed by atoms with Crippen molar-refractivity contribution in [2.45, 2.75) is 20.4 Å². The maximum absolute atomic E-state index is 9.91. The molecule has 2 rings (SSSR count). The molecule has 0 spiro atoms. The van der Waals surface area contributed by atoms with Crippen LogP contribution in [0.15, 0.2) is 30.3 Å². The average Bonchev–Trinajstić information content (AvgIpc) is 2.49. The van der Waals surface area contributed by atoms with E-state index in [9.17, 15) is 5.11 Å².